The van der Waals surface area contributed by atoms with Crippen molar-refractivity contribution in [3.8, 4) is 0 Å². The molecule has 0 aliphatic carbocycles. The molecule has 1 aromatic carbocycles. The predicted molar refractivity (Wildman–Crippen MR) is 74.8 cm³/mol. The van der Waals surface area contributed by atoms with Gasteiger partial charge in [0.1, 0.15) is 5.82 Å². The fourth-order valence-electron chi connectivity index (χ4n) is 2.63. The Morgan fingerprint density at radius 1 is 1.39 bits per heavy atom. The van der Waals surface area contributed by atoms with Gasteiger partial charge in [0.25, 0.3) is 0 Å². The van der Waals surface area contributed by atoms with Gasteiger partial charge < -0.3 is 0 Å². The second-order valence-corrected chi connectivity index (χ2v) is 5.58. The summed E-state index contributed by atoms with van der Waals surface area (Å²) in [5, 5.41) is 0.526. The smallest absolute Gasteiger partial charge is 0.129 e. The summed E-state index contributed by atoms with van der Waals surface area (Å²) in [5.41, 5.74) is 0.622. The molecule has 1 aliphatic rings. The highest BCUT2D eigenvalue weighted by Gasteiger charge is 2.25. The number of benzene rings is 1. The van der Waals surface area contributed by atoms with E-state index in [1.54, 1.807) is 12.1 Å². The molecule has 1 atom stereocenters. The van der Waals surface area contributed by atoms with Gasteiger partial charge in [0, 0.05) is 29.1 Å². The minimum atomic E-state index is -0.203. The van der Waals surface area contributed by atoms with Crippen LogP contribution in [0.5, 0.6) is 0 Å². The Morgan fingerprint density at radius 3 is 2.94 bits per heavy atom. The molecule has 0 spiro atoms. The fourth-order valence-corrected chi connectivity index (χ4v) is 3.01. The fraction of sp³-hybridized carbons (Fsp3) is 0.571. The minimum absolute atomic E-state index is 0.203. The number of hydrogen-bond donors (Lipinski definition) is 0. The number of likely N-dealkylation sites (tertiary alicyclic amines) is 1. The Kier molecular flexibility index (Phi) is 5.28. The largest absolute Gasteiger partial charge is 0.296 e. The summed E-state index contributed by atoms with van der Waals surface area (Å²) >= 11 is 11.8. The topological polar surface area (TPSA) is 3.24 Å². The monoisotopic (exact) mass is 289 g/mol. The number of halogens is 3. The molecule has 2 rings (SSSR count). The van der Waals surface area contributed by atoms with Gasteiger partial charge >= 0.3 is 0 Å². The van der Waals surface area contributed by atoms with Crippen LogP contribution < -0.4 is 0 Å². The molecule has 1 fully saturated rings. The van der Waals surface area contributed by atoms with E-state index in [4.69, 9.17) is 23.2 Å². The van der Waals surface area contributed by atoms with Crippen molar-refractivity contribution < 1.29 is 4.39 Å². The van der Waals surface area contributed by atoms with Crippen LogP contribution in [-0.4, -0.2) is 23.4 Å². The van der Waals surface area contributed by atoms with Gasteiger partial charge in [0.2, 0.25) is 0 Å². The first-order valence-electron chi connectivity index (χ1n) is 6.45. The Labute approximate surface area is 118 Å². The van der Waals surface area contributed by atoms with Gasteiger partial charge in [-0.2, -0.15) is 0 Å². The van der Waals surface area contributed by atoms with Crippen LogP contribution in [0.1, 0.15) is 31.2 Å². The number of alkyl halides is 1. The van der Waals surface area contributed by atoms with Crippen molar-refractivity contribution in [2.24, 2.45) is 0 Å². The zero-order valence-corrected chi connectivity index (χ0v) is 11.9. The summed E-state index contributed by atoms with van der Waals surface area (Å²) in [6.07, 6.45) is 4.48. The average molecular weight is 290 g/mol. The zero-order valence-electron chi connectivity index (χ0n) is 10.3. The lowest BCUT2D eigenvalue weighted by Gasteiger charge is -2.24. The predicted octanol–water partition coefficient (Wildman–Crippen LogP) is 4.46. The van der Waals surface area contributed by atoms with Crippen LogP contribution in [0.15, 0.2) is 18.2 Å². The van der Waals surface area contributed by atoms with Crippen LogP contribution >= 0.6 is 23.2 Å². The van der Waals surface area contributed by atoms with Gasteiger partial charge in [-0.3, -0.25) is 4.90 Å². The summed E-state index contributed by atoms with van der Waals surface area (Å²) in [6.45, 7) is 1.63. The van der Waals surface area contributed by atoms with Crippen molar-refractivity contribution in [3.05, 3.63) is 34.6 Å². The van der Waals surface area contributed by atoms with E-state index < -0.39 is 0 Å². The third kappa shape index (κ3) is 3.37. The highest BCUT2D eigenvalue weighted by atomic mass is 35.5. The van der Waals surface area contributed by atoms with E-state index in [-0.39, 0.29) is 5.82 Å². The van der Waals surface area contributed by atoms with Crippen molar-refractivity contribution in [2.75, 3.05) is 12.4 Å². The summed E-state index contributed by atoms with van der Waals surface area (Å²) in [4.78, 5) is 2.33. The molecule has 1 aromatic rings. The molecule has 0 saturated carbocycles. The Hall–Kier alpha value is -0.310. The molecule has 0 bridgehead atoms. The SMILES string of the molecule is Fc1cccc(Cl)c1CN1CCCC1CCCCl. The van der Waals surface area contributed by atoms with Crippen molar-refractivity contribution in [1.82, 2.24) is 4.90 Å². The first kappa shape index (κ1) is 14.1. The quantitative estimate of drug-likeness (QED) is 0.724. The van der Waals surface area contributed by atoms with Crippen LogP contribution in [0.2, 0.25) is 5.02 Å². The zero-order chi connectivity index (χ0) is 13.0. The molecule has 18 heavy (non-hydrogen) atoms. The molecule has 0 N–H and O–H groups in total. The molecule has 1 nitrogen and oxygen atoms in total. The van der Waals surface area contributed by atoms with E-state index in [0.717, 1.165) is 19.4 Å². The molecule has 1 saturated heterocycles. The molecule has 0 radical (unpaired) electrons. The van der Waals surface area contributed by atoms with Gasteiger partial charge in [0.15, 0.2) is 0 Å². The van der Waals surface area contributed by atoms with Crippen molar-refractivity contribution in [1.29, 1.82) is 0 Å². The highest BCUT2D eigenvalue weighted by Crippen LogP contribution is 2.27. The van der Waals surface area contributed by atoms with Crippen molar-refractivity contribution in [3.63, 3.8) is 0 Å². The second kappa shape index (κ2) is 6.74. The summed E-state index contributed by atoms with van der Waals surface area (Å²) < 4.78 is 13.8. The van der Waals surface area contributed by atoms with Crippen LogP contribution in [0.3, 0.4) is 0 Å². The van der Waals surface area contributed by atoms with E-state index in [1.807, 2.05) is 0 Å². The summed E-state index contributed by atoms with van der Waals surface area (Å²) in [6, 6.07) is 5.41. The summed E-state index contributed by atoms with van der Waals surface area (Å²) in [7, 11) is 0. The molecular weight excluding hydrogens is 272 g/mol. The molecule has 0 aromatic heterocycles. The normalized spacial score (nSPS) is 20.5. The lowest BCUT2D eigenvalue weighted by Crippen LogP contribution is -2.29. The number of hydrogen-bond acceptors (Lipinski definition) is 1. The van der Waals surface area contributed by atoms with Gasteiger partial charge in [-0.15, -0.1) is 11.6 Å². The van der Waals surface area contributed by atoms with Crippen LogP contribution in [-0.2, 0) is 6.54 Å². The molecule has 1 heterocycles. The Balaban J connectivity index is 2.03. The first-order chi connectivity index (χ1) is 8.72. The molecule has 0 amide bonds. The van der Waals surface area contributed by atoms with Gasteiger partial charge in [-0.1, -0.05) is 17.7 Å². The van der Waals surface area contributed by atoms with Crippen LogP contribution in [0, 0.1) is 5.82 Å². The number of rotatable bonds is 5. The second-order valence-electron chi connectivity index (χ2n) is 4.80. The third-order valence-electron chi connectivity index (χ3n) is 3.59. The lowest BCUT2D eigenvalue weighted by molar-refractivity contribution is 0.231. The van der Waals surface area contributed by atoms with Crippen LogP contribution in [0.4, 0.5) is 4.39 Å². The Morgan fingerprint density at radius 2 is 2.22 bits per heavy atom. The van der Waals surface area contributed by atoms with E-state index >= 15 is 0 Å². The van der Waals surface area contributed by atoms with Crippen LogP contribution in [0.25, 0.3) is 0 Å². The van der Waals surface area contributed by atoms with E-state index in [2.05, 4.69) is 4.90 Å². The average Bonchev–Trinajstić information content (AvgIpc) is 2.79. The summed E-state index contributed by atoms with van der Waals surface area (Å²) in [5.74, 6) is 0.496. The highest BCUT2D eigenvalue weighted by molar-refractivity contribution is 6.31. The maximum absolute atomic E-state index is 13.8. The van der Waals surface area contributed by atoms with Crippen molar-refractivity contribution >= 4 is 23.2 Å². The van der Waals surface area contributed by atoms with E-state index in [1.165, 1.54) is 18.9 Å². The number of nitrogens with zero attached hydrogens (tertiary/aromatic N) is 1. The van der Waals surface area contributed by atoms with Crippen molar-refractivity contribution in [2.45, 2.75) is 38.3 Å². The standard InChI is InChI=1S/C14H18Cl2FN/c15-8-2-4-11-5-3-9-18(11)10-12-13(16)6-1-7-14(12)17/h1,6-7,11H,2-5,8-10H2. The maximum Gasteiger partial charge on any atom is 0.129 e. The first-order valence-corrected chi connectivity index (χ1v) is 7.36. The molecule has 4 heteroatoms. The Bertz CT molecular complexity index is 377. The molecule has 1 aliphatic heterocycles. The molecule has 1 unspecified atom stereocenters. The van der Waals surface area contributed by atoms with E-state index in [0.29, 0.717) is 29.1 Å². The van der Waals surface area contributed by atoms with Gasteiger partial charge in [-0.25, -0.2) is 4.39 Å². The van der Waals surface area contributed by atoms with E-state index in [9.17, 15) is 4.39 Å². The molecular formula is C14H18Cl2FN. The lowest BCUT2D eigenvalue weighted by atomic mass is 10.1. The maximum atomic E-state index is 13.8. The van der Waals surface area contributed by atoms with Gasteiger partial charge in [-0.05, 0) is 44.4 Å². The van der Waals surface area contributed by atoms with Gasteiger partial charge in [0.05, 0.1) is 0 Å². The third-order valence-corrected chi connectivity index (χ3v) is 4.21. The minimum Gasteiger partial charge on any atom is -0.296 e. The molecule has 100 valence electrons.